The average molecular weight is 472 g/mol. The van der Waals surface area contributed by atoms with E-state index in [2.05, 4.69) is 5.32 Å². The number of carbonyl (C=O) groups is 2. The highest BCUT2D eigenvalue weighted by Crippen LogP contribution is 2.42. The Balaban J connectivity index is 2.41. The molecule has 7 nitrogen and oxygen atoms in total. The third-order valence-corrected chi connectivity index (χ3v) is 5.42. The number of amides is 1. The first-order valence-electron chi connectivity index (χ1n) is 11.4. The first kappa shape index (κ1) is 27.0. The molecule has 0 aromatic heterocycles. The van der Waals surface area contributed by atoms with Gasteiger partial charge in [0.15, 0.2) is 0 Å². The van der Waals surface area contributed by atoms with E-state index in [1.165, 1.54) is 0 Å². The molecule has 2 atom stereocenters. The van der Waals surface area contributed by atoms with Gasteiger partial charge in [0.05, 0.1) is 20.1 Å². The van der Waals surface area contributed by atoms with E-state index < -0.39 is 29.8 Å². The van der Waals surface area contributed by atoms with E-state index in [-0.39, 0.29) is 5.92 Å². The van der Waals surface area contributed by atoms with Crippen molar-refractivity contribution in [1.29, 1.82) is 0 Å². The van der Waals surface area contributed by atoms with Gasteiger partial charge in [0.25, 0.3) is 0 Å². The van der Waals surface area contributed by atoms with Crippen LogP contribution in [0.1, 0.15) is 62.8 Å². The number of methoxy groups -OCH3 is 2. The van der Waals surface area contributed by atoms with Crippen molar-refractivity contribution >= 4 is 12.1 Å². The zero-order chi connectivity index (χ0) is 25.6. The van der Waals surface area contributed by atoms with E-state index >= 15 is 0 Å². The van der Waals surface area contributed by atoms with Crippen LogP contribution in [0.15, 0.2) is 36.4 Å². The normalized spacial score (nSPS) is 13.1. The lowest BCUT2D eigenvalue weighted by molar-refractivity contribution is -0.151. The van der Waals surface area contributed by atoms with E-state index in [1.54, 1.807) is 41.9 Å². The standard InChI is InChI=1S/C27H37NO6/c1-16-12-10-14-20(23(16)31-8)22(21-15-11-13-17(2)24(21)32-9)19(4)33-25(29)18(3)28-26(30)34-27(5,6)7/h10-15,18-19,22H,1-9H3,(H,28,30)/t18-,19?/m0/s1. The summed E-state index contributed by atoms with van der Waals surface area (Å²) in [5, 5.41) is 2.54. The molecule has 34 heavy (non-hydrogen) atoms. The summed E-state index contributed by atoms with van der Waals surface area (Å²) in [6.45, 7) is 12.6. The molecule has 1 amide bonds. The van der Waals surface area contributed by atoms with Crippen LogP contribution < -0.4 is 14.8 Å². The van der Waals surface area contributed by atoms with Crippen LogP contribution >= 0.6 is 0 Å². The number of nitrogens with one attached hydrogen (secondary N) is 1. The van der Waals surface area contributed by atoms with Crippen LogP contribution in [0.4, 0.5) is 4.79 Å². The predicted molar refractivity (Wildman–Crippen MR) is 132 cm³/mol. The van der Waals surface area contributed by atoms with Crippen LogP contribution in [0.2, 0.25) is 0 Å². The number of alkyl carbamates (subject to hydrolysis) is 1. The molecule has 1 unspecified atom stereocenters. The number of carbonyl (C=O) groups excluding carboxylic acids is 2. The molecule has 2 aromatic carbocycles. The summed E-state index contributed by atoms with van der Waals surface area (Å²) in [5.41, 5.74) is 3.01. The molecule has 2 aromatic rings. The molecule has 0 bridgehead atoms. The first-order valence-corrected chi connectivity index (χ1v) is 11.4. The Kier molecular flexibility index (Phi) is 8.96. The Bertz CT molecular complexity index is 957. The lowest BCUT2D eigenvalue weighted by Crippen LogP contribution is -2.43. The zero-order valence-electron chi connectivity index (χ0n) is 21.6. The number of para-hydroxylation sites is 2. The molecule has 0 saturated heterocycles. The minimum absolute atomic E-state index is 0.373. The van der Waals surface area contributed by atoms with Crippen molar-refractivity contribution in [2.75, 3.05) is 14.2 Å². The van der Waals surface area contributed by atoms with Crippen molar-refractivity contribution in [2.24, 2.45) is 0 Å². The van der Waals surface area contributed by atoms with Crippen LogP contribution in [0, 0.1) is 13.8 Å². The second-order valence-corrected chi connectivity index (χ2v) is 9.38. The number of benzene rings is 2. The van der Waals surface area contributed by atoms with Crippen LogP contribution in [-0.4, -0.2) is 44.0 Å². The summed E-state index contributed by atoms with van der Waals surface area (Å²) in [6.07, 6.45) is -1.27. The van der Waals surface area contributed by atoms with Crippen molar-refractivity contribution in [3.05, 3.63) is 58.7 Å². The maximum absolute atomic E-state index is 12.9. The molecule has 1 N–H and O–H groups in total. The summed E-state index contributed by atoms with van der Waals surface area (Å²) in [4.78, 5) is 25.0. The predicted octanol–water partition coefficient (Wildman–Crippen LogP) is 5.30. The molecule has 7 heteroatoms. The minimum atomic E-state index is -0.892. The monoisotopic (exact) mass is 471 g/mol. The van der Waals surface area contributed by atoms with E-state index in [4.69, 9.17) is 18.9 Å². The summed E-state index contributed by atoms with van der Waals surface area (Å²) in [7, 11) is 3.25. The van der Waals surface area contributed by atoms with E-state index in [1.807, 2.05) is 57.2 Å². The third-order valence-electron chi connectivity index (χ3n) is 5.42. The summed E-state index contributed by atoms with van der Waals surface area (Å²) >= 11 is 0. The molecule has 0 spiro atoms. The van der Waals surface area contributed by atoms with Crippen LogP contribution in [-0.2, 0) is 14.3 Å². The topological polar surface area (TPSA) is 83.1 Å². The van der Waals surface area contributed by atoms with Crippen LogP contribution in [0.5, 0.6) is 11.5 Å². The lowest BCUT2D eigenvalue weighted by Gasteiger charge is -2.29. The second-order valence-electron chi connectivity index (χ2n) is 9.38. The highest BCUT2D eigenvalue weighted by Gasteiger charge is 2.32. The van der Waals surface area contributed by atoms with E-state index in [9.17, 15) is 9.59 Å². The van der Waals surface area contributed by atoms with Gasteiger partial charge in [-0.25, -0.2) is 9.59 Å². The van der Waals surface area contributed by atoms with Gasteiger partial charge in [0.2, 0.25) is 0 Å². The Hall–Kier alpha value is -3.22. The number of esters is 1. The fraction of sp³-hybridized carbons (Fsp3) is 0.481. The molecule has 0 radical (unpaired) electrons. The number of ether oxygens (including phenoxy) is 4. The largest absolute Gasteiger partial charge is 0.496 e. The Labute approximate surface area is 202 Å². The maximum atomic E-state index is 12.9. The molecule has 0 aliphatic carbocycles. The molecular formula is C27H37NO6. The van der Waals surface area contributed by atoms with E-state index in [0.717, 1.165) is 33.8 Å². The highest BCUT2D eigenvalue weighted by molar-refractivity contribution is 5.81. The van der Waals surface area contributed by atoms with E-state index in [0.29, 0.717) is 0 Å². The van der Waals surface area contributed by atoms with Gasteiger partial charge in [-0.05, 0) is 59.6 Å². The maximum Gasteiger partial charge on any atom is 0.408 e. The van der Waals surface area contributed by atoms with Crippen molar-refractivity contribution in [3.8, 4) is 11.5 Å². The Morgan fingerprint density at radius 2 is 1.32 bits per heavy atom. The van der Waals surface area contributed by atoms with Gasteiger partial charge >= 0.3 is 12.1 Å². The van der Waals surface area contributed by atoms with Crippen molar-refractivity contribution in [3.63, 3.8) is 0 Å². The number of hydrogen-bond acceptors (Lipinski definition) is 6. The second kappa shape index (κ2) is 11.3. The molecule has 0 aliphatic heterocycles. The molecule has 0 heterocycles. The zero-order valence-corrected chi connectivity index (χ0v) is 21.6. The fourth-order valence-electron chi connectivity index (χ4n) is 3.97. The first-order chi connectivity index (χ1) is 15.9. The lowest BCUT2D eigenvalue weighted by atomic mass is 9.84. The van der Waals surface area contributed by atoms with Gasteiger partial charge in [0, 0.05) is 11.1 Å². The van der Waals surface area contributed by atoms with Crippen molar-refractivity contribution in [1.82, 2.24) is 5.32 Å². The molecule has 0 aliphatic rings. The van der Waals surface area contributed by atoms with Gasteiger partial charge < -0.3 is 24.3 Å². The van der Waals surface area contributed by atoms with Crippen molar-refractivity contribution < 1.29 is 28.5 Å². The van der Waals surface area contributed by atoms with Crippen LogP contribution in [0.25, 0.3) is 0 Å². The quantitative estimate of drug-likeness (QED) is 0.526. The number of rotatable bonds is 8. The van der Waals surface area contributed by atoms with Gasteiger partial charge in [0.1, 0.15) is 29.2 Å². The average Bonchev–Trinajstić information content (AvgIpc) is 2.72. The minimum Gasteiger partial charge on any atom is -0.496 e. The molecule has 0 fully saturated rings. The Morgan fingerprint density at radius 1 is 0.853 bits per heavy atom. The van der Waals surface area contributed by atoms with Gasteiger partial charge in [-0.15, -0.1) is 0 Å². The summed E-state index contributed by atoms with van der Waals surface area (Å²) in [6, 6.07) is 10.9. The van der Waals surface area contributed by atoms with Gasteiger partial charge in [-0.3, -0.25) is 0 Å². The number of aryl methyl sites for hydroxylation is 2. The third kappa shape index (κ3) is 6.65. The van der Waals surface area contributed by atoms with Gasteiger partial charge in [-0.1, -0.05) is 36.4 Å². The summed E-state index contributed by atoms with van der Waals surface area (Å²) < 4.78 is 22.6. The molecule has 0 saturated carbocycles. The number of hydrogen-bond donors (Lipinski definition) is 1. The highest BCUT2D eigenvalue weighted by atomic mass is 16.6. The van der Waals surface area contributed by atoms with Crippen molar-refractivity contribution in [2.45, 2.75) is 72.1 Å². The summed E-state index contributed by atoms with van der Waals surface area (Å²) in [5.74, 6) is 0.502. The van der Waals surface area contributed by atoms with Gasteiger partial charge in [-0.2, -0.15) is 0 Å². The smallest absolute Gasteiger partial charge is 0.408 e. The Morgan fingerprint density at radius 3 is 1.74 bits per heavy atom. The fourth-order valence-corrected chi connectivity index (χ4v) is 3.97. The van der Waals surface area contributed by atoms with Crippen LogP contribution in [0.3, 0.4) is 0 Å². The molecule has 186 valence electrons. The SMILES string of the molecule is COc1c(C)cccc1C(c1cccc(C)c1OC)C(C)OC(=O)[C@H](C)NC(=O)OC(C)(C)C. The molecule has 2 rings (SSSR count). The molecular weight excluding hydrogens is 434 g/mol.